The highest BCUT2D eigenvalue weighted by molar-refractivity contribution is 6.14. The summed E-state index contributed by atoms with van der Waals surface area (Å²) in [4.78, 5) is 48.1. The molecular weight excluding hydrogens is 506 g/mol. The van der Waals surface area contributed by atoms with Gasteiger partial charge in [0.25, 0.3) is 0 Å². The van der Waals surface area contributed by atoms with Crippen LogP contribution in [0, 0.1) is 0 Å². The molecule has 0 aliphatic carbocycles. The van der Waals surface area contributed by atoms with Crippen LogP contribution in [0.2, 0.25) is 0 Å². The zero-order valence-electron chi connectivity index (χ0n) is 22.1. The van der Waals surface area contributed by atoms with Crippen LogP contribution < -0.4 is 5.32 Å². The highest BCUT2D eigenvalue weighted by Gasteiger charge is 2.18. The molecule has 0 saturated heterocycles. The third-order valence-corrected chi connectivity index (χ3v) is 5.08. The number of ketones is 1. The van der Waals surface area contributed by atoms with Gasteiger partial charge >= 0.3 is 18.0 Å². The quantitative estimate of drug-likeness (QED) is 0.0987. The Hall–Kier alpha value is -4.02. The maximum absolute atomic E-state index is 12.8. The summed E-state index contributed by atoms with van der Waals surface area (Å²) in [5.74, 6) is -1.27. The average Bonchev–Trinajstić information content (AvgIpc) is 2.95. The van der Waals surface area contributed by atoms with Crippen molar-refractivity contribution in [3.05, 3.63) is 83.4 Å². The molecular formula is C29H35NO9. The summed E-state index contributed by atoms with van der Waals surface area (Å²) in [6.45, 7) is 6.94. The van der Waals surface area contributed by atoms with Crippen molar-refractivity contribution in [2.75, 3.05) is 52.8 Å². The van der Waals surface area contributed by atoms with Crippen molar-refractivity contribution < 1.29 is 42.9 Å². The van der Waals surface area contributed by atoms with Gasteiger partial charge in [0.15, 0.2) is 5.78 Å². The number of amides is 1. The normalized spacial score (nSPS) is 10.4. The SMILES string of the molecule is C=C(C)C(=O)OCCOCCNC(=O)OCCCOCCCOC(=O)c1ccccc1C(=O)c1ccccc1. The maximum Gasteiger partial charge on any atom is 0.407 e. The standard InChI is InChI=1S/C29H35NO9/c1-22(2)27(32)38-21-20-36-19-14-30-29(34)39-18-9-16-35-15-8-17-37-28(33)25-13-7-6-12-24(25)26(31)23-10-4-3-5-11-23/h3-7,10-13H,1,8-9,14-21H2,2H3,(H,30,34). The van der Waals surface area contributed by atoms with E-state index in [4.69, 9.17) is 23.7 Å². The van der Waals surface area contributed by atoms with E-state index in [1.54, 1.807) is 55.5 Å². The second kappa shape index (κ2) is 18.3. The Kier molecular flexibility index (Phi) is 14.6. The molecule has 0 aromatic heterocycles. The van der Waals surface area contributed by atoms with E-state index in [1.807, 2.05) is 6.07 Å². The number of nitrogens with one attached hydrogen (secondary N) is 1. The number of carbonyl (C=O) groups excluding carboxylic acids is 4. The average molecular weight is 542 g/mol. The molecule has 0 aliphatic rings. The van der Waals surface area contributed by atoms with Crippen molar-refractivity contribution in [3.63, 3.8) is 0 Å². The summed E-state index contributed by atoms with van der Waals surface area (Å²) in [5.41, 5.74) is 1.33. The van der Waals surface area contributed by atoms with Gasteiger partial charge in [-0.3, -0.25) is 4.79 Å². The number of carbonyl (C=O) groups is 4. The van der Waals surface area contributed by atoms with Gasteiger partial charge in [-0.1, -0.05) is 55.1 Å². The number of hydrogen-bond donors (Lipinski definition) is 1. The second-order valence-electron chi connectivity index (χ2n) is 8.29. The molecule has 1 amide bonds. The summed E-state index contributed by atoms with van der Waals surface area (Å²) < 4.78 is 25.9. The molecule has 0 spiro atoms. The Bertz CT molecular complexity index is 1090. The van der Waals surface area contributed by atoms with Crippen LogP contribution in [-0.2, 0) is 28.5 Å². The maximum atomic E-state index is 12.8. The van der Waals surface area contributed by atoms with Gasteiger partial charge in [0.05, 0.1) is 32.0 Å². The molecule has 1 N–H and O–H groups in total. The Morgan fingerprint density at radius 2 is 1.31 bits per heavy atom. The van der Waals surface area contributed by atoms with E-state index >= 15 is 0 Å². The molecule has 0 atom stereocenters. The van der Waals surface area contributed by atoms with Crippen LogP contribution >= 0.6 is 0 Å². The molecule has 2 aromatic rings. The van der Waals surface area contributed by atoms with Gasteiger partial charge in [0.1, 0.15) is 6.61 Å². The van der Waals surface area contributed by atoms with Crippen molar-refractivity contribution in [3.8, 4) is 0 Å². The van der Waals surface area contributed by atoms with Crippen molar-refractivity contribution >= 4 is 23.8 Å². The molecule has 2 aromatic carbocycles. The number of ether oxygens (including phenoxy) is 5. The number of hydrogen-bond acceptors (Lipinski definition) is 9. The summed E-state index contributed by atoms with van der Waals surface area (Å²) >= 11 is 0. The predicted octanol–water partition coefficient (Wildman–Crippen LogP) is 3.73. The van der Waals surface area contributed by atoms with Crippen LogP contribution in [0.15, 0.2) is 66.7 Å². The van der Waals surface area contributed by atoms with E-state index in [0.29, 0.717) is 42.8 Å². The molecule has 210 valence electrons. The Labute approximate surface area is 228 Å². The van der Waals surface area contributed by atoms with E-state index < -0.39 is 18.0 Å². The van der Waals surface area contributed by atoms with E-state index in [2.05, 4.69) is 11.9 Å². The first-order valence-corrected chi connectivity index (χ1v) is 12.6. The van der Waals surface area contributed by atoms with E-state index in [1.165, 1.54) is 0 Å². The minimum atomic E-state index is -0.565. The molecule has 0 saturated carbocycles. The molecule has 0 unspecified atom stereocenters. The molecule has 10 heteroatoms. The van der Waals surface area contributed by atoms with E-state index in [0.717, 1.165) is 0 Å². The molecule has 0 fully saturated rings. The van der Waals surface area contributed by atoms with E-state index in [9.17, 15) is 19.2 Å². The number of alkyl carbamates (subject to hydrolysis) is 1. The zero-order chi connectivity index (χ0) is 28.3. The van der Waals surface area contributed by atoms with Crippen LogP contribution in [-0.4, -0.2) is 76.6 Å². The van der Waals surface area contributed by atoms with Crippen molar-refractivity contribution in [2.24, 2.45) is 0 Å². The first kappa shape index (κ1) is 31.2. The molecule has 0 bridgehead atoms. The number of rotatable bonds is 18. The lowest BCUT2D eigenvalue weighted by Gasteiger charge is -2.10. The highest BCUT2D eigenvalue weighted by Crippen LogP contribution is 2.16. The third-order valence-electron chi connectivity index (χ3n) is 5.08. The van der Waals surface area contributed by atoms with Gasteiger partial charge in [0, 0.05) is 49.3 Å². The van der Waals surface area contributed by atoms with Crippen LogP contribution in [0.4, 0.5) is 4.79 Å². The topological polar surface area (TPSA) is 126 Å². The van der Waals surface area contributed by atoms with Crippen LogP contribution in [0.25, 0.3) is 0 Å². The van der Waals surface area contributed by atoms with Crippen LogP contribution in [0.1, 0.15) is 46.0 Å². The van der Waals surface area contributed by atoms with Gasteiger partial charge in [-0.15, -0.1) is 0 Å². The number of esters is 2. The fourth-order valence-corrected chi connectivity index (χ4v) is 3.13. The highest BCUT2D eigenvalue weighted by atomic mass is 16.6. The predicted molar refractivity (Wildman–Crippen MR) is 143 cm³/mol. The summed E-state index contributed by atoms with van der Waals surface area (Å²) in [7, 11) is 0. The smallest absolute Gasteiger partial charge is 0.407 e. The lowest BCUT2D eigenvalue weighted by atomic mass is 9.98. The monoisotopic (exact) mass is 541 g/mol. The molecule has 2 rings (SSSR count). The summed E-state index contributed by atoms with van der Waals surface area (Å²) in [6, 6.07) is 15.3. The summed E-state index contributed by atoms with van der Waals surface area (Å²) in [6.07, 6.45) is 0.423. The minimum Gasteiger partial charge on any atom is -0.462 e. The molecule has 39 heavy (non-hydrogen) atoms. The molecule has 0 aliphatic heterocycles. The van der Waals surface area contributed by atoms with Gasteiger partial charge < -0.3 is 29.0 Å². The van der Waals surface area contributed by atoms with Crippen molar-refractivity contribution in [1.29, 1.82) is 0 Å². The minimum absolute atomic E-state index is 0.113. The largest absolute Gasteiger partial charge is 0.462 e. The Morgan fingerprint density at radius 1 is 0.692 bits per heavy atom. The van der Waals surface area contributed by atoms with Gasteiger partial charge in [-0.25, -0.2) is 14.4 Å². The lowest BCUT2D eigenvalue weighted by Crippen LogP contribution is -2.28. The first-order chi connectivity index (χ1) is 18.9. The Morgan fingerprint density at radius 3 is 2.00 bits per heavy atom. The molecule has 0 heterocycles. The fourth-order valence-electron chi connectivity index (χ4n) is 3.13. The van der Waals surface area contributed by atoms with Crippen LogP contribution in [0.5, 0.6) is 0 Å². The van der Waals surface area contributed by atoms with Crippen molar-refractivity contribution in [1.82, 2.24) is 5.32 Å². The summed E-state index contributed by atoms with van der Waals surface area (Å²) in [5, 5.41) is 2.55. The first-order valence-electron chi connectivity index (χ1n) is 12.6. The zero-order valence-corrected chi connectivity index (χ0v) is 22.1. The third kappa shape index (κ3) is 12.4. The Balaban J connectivity index is 1.48. The second-order valence-corrected chi connectivity index (χ2v) is 8.29. The van der Waals surface area contributed by atoms with Gasteiger partial charge in [-0.2, -0.15) is 0 Å². The van der Waals surface area contributed by atoms with E-state index in [-0.39, 0.29) is 50.9 Å². The van der Waals surface area contributed by atoms with Gasteiger partial charge in [0.2, 0.25) is 0 Å². The van der Waals surface area contributed by atoms with Crippen LogP contribution in [0.3, 0.4) is 0 Å². The van der Waals surface area contributed by atoms with Crippen molar-refractivity contribution in [2.45, 2.75) is 19.8 Å². The molecule has 0 radical (unpaired) electrons. The lowest BCUT2D eigenvalue weighted by molar-refractivity contribution is -0.140. The fraction of sp³-hybridized carbons (Fsp3) is 0.379. The van der Waals surface area contributed by atoms with Gasteiger partial charge in [-0.05, 0) is 13.0 Å². The number of benzene rings is 2. The molecule has 10 nitrogen and oxygen atoms in total.